The van der Waals surface area contributed by atoms with E-state index in [9.17, 15) is 9.59 Å². The number of carbonyl (C=O) groups excluding carboxylic acids is 2. The number of benzene rings is 1. The monoisotopic (exact) mass is 264 g/mol. The molecule has 1 saturated heterocycles. The maximum absolute atomic E-state index is 11.9. The van der Waals surface area contributed by atoms with E-state index in [-0.39, 0.29) is 0 Å². The molecule has 0 spiro atoms. The molecule has 102 valence electrons. The molecular weight excluding hydrogens is 248 g/mol. The van der Waals surface area contributed by atoms with Gasteiger partial charge in [-0.25, -0.2) is 4.79 Å². The molecule has 1 aliphatic rings. The van der Waals surface area contributed by atoms with Crippen LogP contribution in [0.3, 0.4) is 0 Å². The number of ether oxygens (including phenoxy) is 3. The van der Waals surface area contributed by atoms with Crippen molar-refractivity contribution < 1.29 is 23.8 Å². The van der Waals surface area contributed by atoms with E-state index in [1.165, 1.54) is 0 Å². The zero-order valence-corrected chi connectivity index (χ0v) is 10.8. The van der Waals surface area contributed by atoms with Crippen LogP contribution in [-0.2, 0) is 9.53 Å². The van der Waals surface area contributed by atoms with Crippen molar-refractivity contribution >= 4 is 12.3 Å². The Balaban J connectivity index is 2.13. The third kappa shape index (κ3) is 3.32. The smallest absolute Gasteiger partial charge is 0.340 e. The van der Waals surface area contributed by atoms with Gasteiger partial charge in [0.05, 0.1) is 6.61 Å². The van der Waals surface area contributed by atoms with Crippen molar-refractivity contribution in [3.05, 3.63) is 23.8 Å². The van der Waals surface area contributed by atoms with Crippen molar-refractivity contribution in [2.45, 2.75) is 25.9 Å². The van der Waals surface area contributed by atoms with E-state index in [1.54, 1.807) is 18.2 Å². The van der Waals surface area contributed by atoms with E-state index in [0.29, 0.717) is 43.0 Å². The highest BCUT2D eigenvalue weighted by Crippen LogP contribution is 2.29. The van der Waals surface area contributed by atoms with Crippen LogP contribution in [0.1, 0.15) is 30.1 Å². The van der Waals surface area contributed by atoms with Crippen molar-refractivity contribution in [3.8, 4) is 11.5 Å². The number of rotatable bonds is 5. The van der Waals surface area contributed by atoms with Gasteiger partial charge in [0.1, 0.15) is 6.29 Å². The van der Waals surface area contributed by atoms with Crippen LogP contribution in [0.4, 0.5) is 0 Å². The molecule has 1 unspecified atom stereocenters. The first-order chi connectivity index (χ1) is 9.24. The first-order valence-electron chi connectivity index (χ1n) is 6.30. The molecule has 1 aliphatic heterocycles. The lowest BCUT2D eigenvalue weighted by Gasteiger charge is -2.13. The van der Waals surface area contributed by atoms with Crippen LogP contribution < -0.4 is 9.47 Å². The maximum Gasteiger partial charge on any atom is 0.340 e. The Bertz CT molecular complexity index is 463. The van der Waals surface area contributed by atoms with Crippen molar-refractivity contribution in [2.24, 2.45) is 0 Å². The zero-order valence-electron chi connectivity index (χ0n) is 10.8. The van der Waals surface area contributed by atoms with E-state index in [1.807, 2.05) is 6.92 Å². The Morgan fingerprint density at radius 2 is 2.32 bits per heavy atom. The van der Waals surface area contributed by atoms with E-state index in [4.69, 9.17) is 14.2 Å². The van der Waals surface area contributed by atoms with Crippen LogP contribution in [0.25, 0.3) is 0 Å². The molecule has 1 fully saturated rings. The average Bonchev–Trinajstić information content (AvgIpc) is 2.95. The maximum atomic E-state index is 11.9. The lowest BCUT2D eigenvalue weighted by atomic mass is 10.2. The Morgan fingerprint density at radius 1 is 1.47 bits per heavy atom. The van der Waals surface area contributed by atoms with E-state index < -0.39 is 12.1 Å². The minimum Gasteiger partial charge on any atom is -0.490 e. The average molecular weight is 264 g/mol. The molecule has 1 aromatic carbocycles. The first-order valence-corrected chi connectivity index (χ1v) is 6.30. The molecule has 1 heterocycles. The topological polar surface area (TPSA) is 61.8 Å². The van der Waals surface area contributed by atoms with Crippen LogP contribution in [-0.4, -0.2) is 31.6 Å². The molecule has 0 aliphatic carbocycles. The van der Waals surface area contributed by atoms with Crippen LogP contribution in [0.5, 0.6) is 11.5 Å². The minimum absolute atomic E-state index is 0.313. The summed E-state index contributed by atoms with van der Waals surface area (Å²) in [5, 5.41) is 0. The number of hydrogen-bond acceptors (Lipinski definition) is 5. The second-order valence-electron chi connectivity index (χ2n) is 4.18. The summed E-state index contributed by atoms with van der Waals surface area (Å²) in [6.45, 7) is 2.83. The van der Waals surface area contributed by atoms with Gasteiger partial charge in [0.2, 0.25) is 0 Å². The van der Waals surface area contributed by atoms with Crippen LogP contribution >= 0.6 is 0 Å². The molecule has 0 N–H and O–H groups in total. The summed E-state index contributed by atoms with van der Waals surface area (Å²) in [5.41, 5.74) is 0.473. The molecule has 19 heavy (non-hydrogen) atoms. The van der Waals surface area contributed by atoms with Gasteiger partial charge in [0.15, 0.2) is 17.6 Å². The van der Waals surface area contributed by atoms with Crippen molar-refractivity contribution in [1.29, 1.82) is 0 Å². The molecular formula is C14H16O5. The number of carbonyl (C=O) groups is 2. The highest BCUT2D eigenvalue weighted by Gasteiger charge is 2.26. The molecule has 1 aromatic rings. The van der Waals surface area contributed by atoms with Gasteiger partial charge < -0.3 is 14.2 Å². The third-order valence-electron chi connectivity index (χ3n) is 2.81. The third-order valence-corrected chi connectivity index (χ3v) is 2.81. The second kappa shape index (κ2) is 6.33. The Hall–Kier alpha value is -1.88. The molecule has 0 radical (unpaired) electrons. The van der Waals surface area contributed by atoms with Crippen molar-refractivity contribution in [3.63, 3.8) is 0 Å². The predicted molar refractivity (Wildman–Crippen MR) is 67.6 cm³/mol. The summed E-state index contributed by atoms with van der Waals surface area (Å²) >= 11 is 0. The fraction of sp³-hybridized carbons (Fsp3) is 0.429. The number of hydrogen-bond donors (Lipinski definition) is 0. The molecule has 0 aromatic heterocycles. The van der Waals surface area contributed by atoms with E-state index >= 15 is 0 Å². The quantitative estimate of drug-likeness (QED) is 0.462. The lowest BCUT2D eigenvalue weighted by Crippen LogP contribution is -2.25. The predicted octanol–water partition coefficient (Wildman–Crippen LogP) is 1.98. The standard InChI is InChI=1S/C14H16O5/c1-2-17-13-8-10(9-15)5-6-11(13)19-14(16)12-4-3-7-18-12/h5-6,8-9,12H,2-4,7H2,1H3. The largest absolute Gasteiger partial charge is 0.490 e. The van der Waals surface area contributed by atoms with Gasteiger partial charge in [-0.05, 0) is 38.0 Å². The van der Waals surface area contributed by atoms with Gasteiger partial charge >= 0.3 is 5.97 Å². The minimum atomic E-state index is -0.500. The Morgan fingerprint density at radius 3 is 2.95 bits per heavy atom. The number of esters is 1. The number of aldehydes is 1. The first kappa shape index (κ1) is 13.5. The summed E-state index contributed by atoms with van der Waals surface area (Å²) < 4.78 is 15.9. The molecule has 5 nitrogen and oxygen atoms in total. The van der Waals surface area contributed by atoms with Crippen LogP contribution in [0.15, 0.2) is 18.2 Å². The normalized spacial score (nSPS) is 18.1. The molecule has 5 heteroatoms. The van der Waals surface area contributed by atoms with E-state index in [2.05, 4.69) is 0 Å². The molecule has 0 bridgehead atoms. The van der Waals surface area contributed by atoms with Gasteiger partial charge in [-0.2, -0.15) is 0 Å². The molecule has 0 amide bonds. The van der Waals surface area contributed by atoms with Gasteiger partial charge in [-0.3, -0.25) is 4.79 Å². The summed E-state index contributed by atoms with van der Waals surface area (Å²) in [4.78, 5) is 22.6. The second-order valence-corrected chi connectivity index (χ2v) is 4.18. The molecule has 2 rings (SSSR count). The van der Waals surface area contributed by atoms with Crippen LogP contribution in [0.2, 0.25) is 0 Å². The molecule has 0 saturated carbocycles. The zero-order chi connectivity index (χ0) is 13.7. The lowest BCUT2D eigenvalue weighted by molar-refractivity contribution is -0.144. The van der Waals surface area contributed by atoms with Gasteiger partial charge in [-0.15, -0.1) is 0 Å². The summed E-state index contributed by atoms with van der Waals surface area (Å²) in [6, 6.07) is 4.68. The summed E-state index contributed by atoms with van der Waals surface area (Å²) in [6.07, 6.45) is 1.76. The Labute approximate surface area is 111 Å². The van der Waals surface area contributed by atoms with Crippen LogP contribution in [0, 0.1) is 0 Å². The van der Waals surface area contributed by atoms with Gasteiger partial charge in [0, 0.05) is 12.2 Å². The van der Waals surface area contributed by atoms with E-state index in [0.717, 1.165) is 6.42 Å². The highest BCUT2D eigenvalue weighted by atomic mass is 16.6. The Kier molecular flexibility index (Phi) is 4.52. The van der Waals surface area contributed by atoms with Crippen molar-refractivity contribution in [2.75, 3.05) is 13.2 Å². The fourth-order valence-corrected chi connectivity index (χ4v) is 1.89. The summed E-state index contributed by atoms with van der Waals surface area (Å²) in [7, 11) is 0. The van der Waals surface area contributed by atoms with Gasteiger partial charge in [-0.1, -0.05) is 0 Å². The fourth-order valence-electron chi connectivity index (χ4n) is 1.89. The molecule has 1 atom stereocenters. The van der Waals surface area contributed by atoms with Gasteiger partial charge in [0.25, 0.3) is 0 Å². The SMILES string of the molecule is CCOc1cc(C=O)ccc1OC(=O)C1CCCO1. The van der Waals surface area contributed by atoms with Crippen molar-refractivity contribution in [1.82, 2.24) is 0 Å². The highest BCUT2D eigenvalue weighted by molar-refractivity contribution is 5.80. The summed E-state index contributed by atoms with van der Waals surface area (Å²) in [5.74, 6) is 0.281.